The summed E-state index contributed by atoms with van der Waals surface area (Å²) in [5.41, 5.74) is 2.85. The Morgan fingerprint density at radius 1 is 1.38 bits per heavy atom. The molecule has 32 heavy (non-hydrogen) atoms. The van der Waals surface area contributed by atoms with Crippen molar-refractivity contribution in [2.75, 3.05) is 20.2 Å². The van der Waals surface area contributed by atoms with Crippen LogP contribution in [0.5, 0.6) is 0 Å². The average Bonchev–Trinajstić information content (AvgIpc) is 3.38. The molecule has 7 heteroatoms. The van der Waals surface area contributed by atoms with Crippen molar-refractivity contribution in [3.8, 4) is 5.82 Å². The molecule has 170 valence electrons. The van der Waals surface area contributed by atoms with Gasteiger partial charge in [-0.15, -0.1) is 6.58 Å². The molecule has 7 nitrogen and oxygen atoms in total. The molecular formula is C25H32N4O3. The van der Waals surface area contributed by atoms with Crippen LogP contribution in [0.2, 0.25) is 0 Å². The van der Waals surface area contributed by atoms with Crippen molar-refractivity contribution in [3.05, 3.63) is 53.5 Å². The van der Waals surface area contributed by atoms with Gasteiger partial charge in [-0.2, -0.15) is 5.10 Å². The van der Waals surface area contributed by atoms with E-state index in [9.17, 15) is 9.59 Å². The zero-order chi connectivity index (χ0) is 22.9. The van der Waals surface area contributed by atoms with Gasteiger partial charge >= 0.3 is 0 Å². The summed E-state index contributed by atoms with van der Waals surface area (Å²) < 4.78 is 7.43. The van der Waals surface area contributed by atoms with Gasteiger partial charge in [-0.25, -0.2) is 9.67 Å². The molecular weight excluding hydrogens is 404 g/mol. The Morgan fingerprint density at radius 3 is 2.84 bits per heavy atom. The van der Waals surface area contributed by atoms with Crippen LogP contribution < -0.4 is 0 Å². The molecule has 3 heterocycles. The monoisotopic (exact) mass is 436 g/mol. The minimum atomic E-state index is -0.126. The summed E-state index contributed by atoms with van der Waals surface area (Å²) >= 11 is 0. The number of ether oxygens (including phenoxy) is 1. The lowest BCUT2D eigenvalue weighted by molar-refractivity contribution is 0.0586. The maximum Gasteiger partial charge on any atom is 0.255 e. The van der Waals surface area contributed by atoms with E-state index in [2.05, 4.69) is 25.4 Å². The average molecular weight is 437 g/mol. The van der Waals surface area contributed by atoms with E-state index in [0.717, 1.165) is 49.2 Å². The number of nitrogens with zero attached hydrogens (tertiary/aromatic N) is 4. The molecule has 1 saturated heterocycles. The Kier molecular flexibility index (Phi) is 6.29. The number of pyridine rings is 1. The molecule has 1 atom stereocenters. The molecule has 2 aromatic rings. The topological polar surface area (TPSA) is 77.3 Å². The largest absolute Gasteiger partial charge is 0.376 e. The molecule has 0 aromatic carbocycles. The van der Waals surface area contributed by atoms with Crippen molar-refractivity contribution < 1.29 is 14.3 Å². The number of amides is 1. The van der Waals surface area contributed by atoms with Crippen LogP contribution in [0.3, 0.4) is 0 Å². The van der Waals surface area contributed by atoms with Gasteiger partial charge in [-0.3, -0.25) is 9.59 Å². The van der Waals surface area contributed by atoms with Gasteiger partial charge < -0.3 is 9.64 Å². The summed E-state index contributed by atoms with van der Waals surface area (Å²) in [5.74, 6) is 0.684. The van der Waals surface area contributed by atoms with Gasteiger partial charge in [-0.05, 0) is 49.7 Å². The first-order chi connectivity index (χ1) is 15.3. The lowest BCUT2D eigenvalue weighted by Crippen LogP contribution is -2.34. The number of likely N-dealkylation sites (N-methyl/N-ethyl adjacent to an activating group) is 1. The number of rotatable bonds is 7. The van der Waals surface area contributed by atoms with Crippen molar-refractivity contribution >= 4 is 11.7 Å². The molecule has 2 aliphatic rings. The van der Waals surface area contributed by atoms with Crippen LogP contribution in [-0.4, -0.2) is 57.7 Å². The third-order valence-corrected chi connectivity index (χ3v) is 6.26. The number of fused-ring (bicyclic) bond motifs is 1. The predicted octanol–water partition coefficient (Wildman–Crippen LogP) is 3.79. The van der Waals surface area contributed by atoms with Gasteiger partial charge in [0.15, 0.2) is 11.6 Å². The Bertz CT molecular complexity index is 1020. The Labute approximate surface area is 189 Å². The minimum Gasteiger partial charge on any atom is -0.376 e. The van der Waals surface area contributed by atoms with Crippen molar-refractivity contribution in [1.82, 2.24) is 19.7 Å². The lowest BCUT2D eigenvalue weighted by Gasteiger charge is -2.29. The second kappa shape index (κ2) is 8.98. The van der Waals surface area contributed by atoms with Crippen molar-refractivity contribution in [3.63, 3.8) is 0 Å². The van der Waals surface area contributed by atoms with E-state index in [-0.39, 0.29) is 23.2 Å². The molecule has 1 aliphatic heterocycles. The molecule has 1 unspecified atom stereocenters. The van der Waals surface area contributed by atoms with Gasteiger partial charge in [0.25, 0.3) is 5.91 Å². The highest BCUT2D eigenvalue weighted by atomic mass is 16.5. The van der Waals surface area contributed by atoms with E-state index in [1.165, 1.54) is 0 Å². The summed E-state index contributed by atoms with van der Waals surface area (Å²) in [5, 5.41) is 4.77. The molecule has 0 N–H and O–H groups in total. The smallest absolute Gasteiger partial charge is 0.255 e. The quantitative estimate of drug-likeness (QED) is 0.617. The van der Waals surface area contributed by atoms with Crippen LogP contribution in [0, 0.1) is 5.41 Å². The van der Waals surface area contributed by atoms with Crippen molar-refractivity contribution in [2.24, 2.45) is 5.41 Å². The number of carbonyl (C=O) groups is 2. The second-order valence-electron chi connectivity index (χ2n) is 9.67. The van der Waals surface area contributed by atoms with Crippen LogP contribution in [0.1, 0.15) is 71.6 Å². The first-order valence-corrected chi connectivity index (χ1v) is 11.4. The number of hydrogen-bond acceptors (Lipinski definition) is 5. The van der Waals surface area contributed by atoms with E-state index in [4.69, 9.17) is 9.84 Å². The molecule has 4 rings (SSSR count). The zero-order valence-corrected chi connectivity index (χ0v) is 19.3. The highest BCUT2D eigenvalue weighted by Crippen LogP contribution is 2.37. The molecule has 2 aromatic heterocycles. The summed E-state index contributed by atoms with van der Waals surface area (Å²) in [4.78, 5) is 32.0. The van der Waals surface area contributed by atoms with Crippen LogP contribution in [0.4, 0.5) is 0 Å². The number of allylic oxidation sites excluding steroid dienone is 1. The van der Waals surface area contributed by atoms with E-state index in [1.807, 2.05) is 12.1 Å². The number of ketones is 1. The van der Waals surface area contributed by atoms with Gasteiger partial charge in [0, 0.05) is 32.8 Å². The van der Waals surface area contributed by atoms with E-state index >= 15 is 0 Å². The third kappa shape index (κ3) is 4.53. The summed E-state index contributed by atoms with van der Waals surface area (Å²) in [6.07, 6.45) is 8.29. The first kappa shape index (κ1) is 22.4. The summed E-state index contributed by atoms with van der Waals surface area (Å²) in [6, 6.07) is 3.59. The van der Waals surface area contributed by atoms with E-state index in [1.54, 1.807) is 28.9 Å². The second-order valence-corrected chi connectivity index (χ2v) is 9.67. The highest BCUT2D eigenvalue weighted by Gasteiger charge is 2.36. The number of carbonyl (C=O) groups excluding carboxylic acids is 2. The minimum absolute atomic E-state index is 0.0787. The molecule has 1 aliphatic carbocycles. The van der Waals surface area contributed by atoms with Gasteiger partial charge in [0.1, 0.15) is 0 Å². The Balaban J connectivity index is 1.60. The molecule has 1 amide bonds. The molecule has 0 radical (unpaired) electrons. The van der Waals surface area contributed by atoms with Crippen LogP contribution in [-0.2, 0) is 17.6 Å². The van der Waals surface area contributed by atoms with Crippen molar-refractivity contribution in [2.45, 2.75) is 58.5 Å². The predicted molar refractivity (Wildman–Crippen MR) is 122 cm³/mol. The fraction of sp³-hybridized carbons (Fsp3) is 0.520. The number of Topliss-reactive ketones (excluding diaryl/α,β-unsaturated/α-hetero) is 1. The highest BCUT2D eigenvalue weighted by molar-refractivity contribution is 6.00. The summed E-state index contributed by atoms with van der Waals surface area (Å²) in [6.45, 7) is 9.35. The fourth-order valence-corrected chi connectivity index (χ4v) is 4.67. The normalized spacial score (nSPS) is 19.6. The van der Waals surface area contributed by atoms with Gasteiger partial charge in [0.2, 0.25) is 0 Å². The molecule has 0 saturated carbocycles. The molecule has 1 fully saturated rings. The maximum atomic E-state index is 12.9. The van der Waals surface area contributed by atoms with Crippen LogP contribution >= 0.6 is 0 Å². The van der Waals surface area contributed by atoms with E-state index in [0.29, 0.717) is 30.8 Å². The summed E-state index contributed by atoms with van der Waals surface area (Å²) in [7, 11) is 1.79. The first-order valence-electron chi connectivity index (χ1n) is 11.4. The SMILES string of the molecule is C=CCCc1nn(-c2ccc(C(=O)N(C)CC3CCCO3)cn2)c2c1C(=O)CC(C)(C)C2. The Hall–Kier alpha value is -2.80. The fourth-order valence-electron chi connectivity index (χ4n) is 4.67. The Morgan fingerprint density at radius 2 is 2.19 bits per heavy atom. The number of hydrogen-bond donors (Lipinski definition) is 0. The standard InChI is InChI=1S/C25H32N4O3/c1-5-6-9-19-23-20(13-25(2,3)14-21(23)30)29(27-19)22-11-10-17(15-26-22)24(31)28(4)16-18-8-7-12-32-18/h5,10-11,15,18H,1,6-9,12-14,16H2,2-4H3. The lowest BCUT2D eigenvalue weighted by atomic mass is 9.75. The van der Waals surface area contributed by atoms with Gasteiger partial charge in [0.05, 0.1) is 28.6 Å². The number of aryl methyl sites for hydroxylation is 1. The van der Waals surface area contributed by atoms with E-state index < -0.39 is 0 Å². The zero-order valence-electron chi connectivity index (χ0n) is 19.3. The van der Waals surface area contributed by atoms with Crippen LogP contribution in [0.15, 0.2) is 31.0 Å². The third-order valence-electron chi connectivity index (χ3n) is 6.26. The van der Waals surface area contributed by atoms with Crippen LogP contribution in [0.25, 0.3) is 5.82 Å². The molecule has 0 bridgehead atoms. The number of aromatic nitrogens is 3. The van der Waals surface area contributed by atoms with Crippen molar-refractivity contribution in [1.29, 1.82) is 0 Å². The van der Waals surface area contributed by atoms with Gasteiger partial charge in [-0.1, -0.05) is 19.9 Å². The maximum absolute atomic E-state index is 12.9. The molecule has 0 spiro atoms.